The molecule has 9 heteroatoms. The van der Waals surface area contributed by atoms with E-state index in [1.165, 1.54) is 17.7 Å². The lowest BCUT2D eigenvalue weighted by atomic mass is 10.1. The zero-order valence-electron chi connectivity index (χ0n) is 17.5. The van der Waals surface area contributed by atoms with Crippen molar-refractivity contribution in [3.8, 4) is 0 Å². The average Bonchev–Trinajstić information content (AvgIpc) is 3.26. The normalized spacial score (nSPS) is 12.0. The molecule has 31 heavy (non-hydrogen) atoms. The number of aromatic nitrogens is 2. The van der Waals surface area contributed by atoms with E-state index in [4.69, 9.17) is 10.1 Å². The number of nitrogens with zero attached hydrogens (tertiary/aromatic N) is 3. The first-order valence-corrected chi connectivity index (χ1v) is 11.7. The van der Waals surface area contributed by atoms with Gasteiger partial charge in [-0.15, -0.1) is 0 Å². The van der Waals surface area contributed by atoms with Crippen LogP contribution >= 0.6 is 0 Å². The molecule has 0 aliphatic carbocycles. The molecule has 4 N–H and O–H groups in total. The molecule has 0 unspecified atom stereocenters. The third-order valence-electron chi connectivity index (χ3n) is 4.72. The van der Waals surface area contributed by atoms with Gasteiger partial charge in [0.1, 0.15) is 0 Å². The topological polar surface area (TPSA) is 114 Å². The molecule has 0 atom stereocenters. The Balaban J connectivity index is 1.59. The summed E-state index contributed by atoms with van der Waals surface area (Å²) in [5, 5.41) is 16.0. The van der Waals surface area contributed by atoms with Gasteiger partial charge in [0.25, 0.3) is 0 Å². The molecule has 0 bridgehead atoms. The number of nitrogens with two attached hydrogens (primary N) is 1. The summed E-state index contributed by atoms with van der Waals surface area (Å²) in [6.07, 6.45) is 4.45. The second kappa shape index (κ2) is 10.7. The van der Waals surface area contributed by atoms with Crippen LogP contribution in [-0.2, 0) is 29.5 Å². The summed E-state index contributed by atoms with van der Waals surface area (Å²) in [7, 11) is -3.67. The maximum absolute atomic E-state index is 11.4. The zero-order chi connectivity index (χ0) is 22.1. The van der Waals surface area contributed by atoms with Crippen LogP contribution < -0.4 is 15.8 Å². The molecule has 3 aromatic rings. The molecule has 0 aliphatic rings. The van der Waals surface area contributed by atoms with Crippen molar-refractivity contribution in [1.29, 1.82) is 0 Å². The van der Waals surface area contributed by atoms with E-state index in [2.05, 4.69) is 27.9 Å². The van der Waals surface area contributed by atoms with E-state index in [0.29, 0.717) is 19.6 Å². The van der Waals surface area contributed by atoms with Crippen LogP contribution in [0.25, 0.3) is 0 Å². The highest BCUT2D eigenvalue weighted by Crippen LogP contribution is 2.12. The van der Waals surface area contributed by atoms with Crippen molar-refractivity contribution < 1.29 is 8.42 Å². The molecular weight excluding hydrogens is 412 g/mol. The van der Waals surface area contributed by atoms with Crippen molar-refractivity contribution in [2.24, 2.45) is 10.1 Å². The highest BCUT2D eigenvalue weighted by molar-refractivity contribution is 7.89. The van der Waals surface area contributed by atoms with Gasteiger partial charge in [0.2, 0.25) is 10.0 Å². The summed E-state index contributed by atoms with van der Waals surface area (Å²) in [6.45, 7) is 4.70. The Morgan fingerprint density at radius 1 is 1.06 bits per heavy atom. The van der Waals surface area contributed by atoms with E-state index in [1.807, 2.05) is 36.0 Å². The van der Waals surface area contributed by atoms with Gasteiger partial charge in [-0.2, -0.15) is 5.10 Å². The number of hydrogen-bond donors (Lipinski definition) is 3. The van der Waals surface area contributed by atoms with Crippen LogP contribution in [0.1, 0.15) is 23.6 Å². The molecule has 0 spiro atoms. The number of aliphatic imine (C=N–C) groups is 1. The molecule has 0 radical (unpaired) electrons. The molecule has 0 saturated carbocycles. The Morgan fingerprint density at radius 2 is 1.81 bits per heavy atom. The first kappa shape index (κ1) is 22.5. The fourth-order valence-corrected chi connectivity index (χ4v) is 3.63. The number of nitrogens with one attached hydrogen (secondary N) is 2. The SMILES string of the molecule is CCNC(=NCc1ccccc1Cn1cccn1)NCCc1ccc(S(N)(=O)=O)cc1. The average molecular weight is 441 g/mol. The Labute approximate surface area is 183 Å². The standard InChI is InChI=1S/C22H28N6O2S/c1-2-24-22(25-14-12-18-8-10-21(11-9-18)31(23,29)30)26-16-19-6-3-4-7-20(19)17-28-15-5-13-27-28/h3-11,13,15H,2,12,14,16-17H2,1H3,(H2,23,29,30)(H2,24,25,26). The van der Waals surface area contributed by atoms with Gasteiger partial charge in [0.15, 0.2) is 5.96 Å². The number of guanidine groups is 1. The van der Waals surface area contributed by atoms with Gasteiger partial charge in [-0.25, -0.2) is 18.5 Å². The number of sulfonamides is 1. The molecule has 1 aromatic heterocycles. The Kier molecular flexibility index (Phi) is 7.80. The molecule has 0 amide bonds. The van der Waals surface area contributed by atoms with Gasteiger partial charge in [0.05, 0.1) is 18.0 Å². The van der Waals surface area contributed by atoms with Crippen LogP contribution in [0.4, 0.5) is 0 Å². The summed E-state index contributed by atoms with van der Waals surface area (Å²) in [4.78, 5) is 4.84. The number of rotatable bonds is 9. The van der Waals surface area contributed by atoms with E-state index in [-0.39, 0.29) is 4.90 Å². The maximum Gasteiger partial charge on any atom is 0.238 e. The van der Waals surface area contributed by atoms with E-state index < -0.39 is 10.0 Å². The summed E-state index contributed by atoms with van der Waals surface area (Å²) >= 11 is 0. The fourth-order valence-electron chi connectivity index (χ4n) is 3.11. The monoisotopic (exact) mass is 440 g/mol. The Morgan fingerprint density at radius 3 is 2.45 bits per heavy atom. The van der Waals surface area contributed by atoms with Gasteiger partial charge in [-0.3, -0.25) is 4.68 Å². The second-order valence-electron chi connectivity index (χ2n) is 7.03. The molecule has 164 valence electrons. The first-order chi connectivity index (χ1) is 15.0. The molecule has 2 aromatic carbocycles. The minimum atomic E-state index is -3.67. The quantitative estimate of drug-likeness (QED) is 0.347. The molecule has 0 aliphatic heterocycles. The summed E-state index contributed by atoms with van der Waals surface area (Å²) in [5.41, 5.74) is 3.34. The lowest BCUT2D eigenvalue weighted by Crippen LogP contribution is -2.38. The maximum atomic E-state index is 11.4. The Bertz CT molecular complexity index is 1090. The van der Waals surface area contributed by atoms with E-state index in [1.54, 1.807) is 18.3 Å². The van der Waals surface area contributed by atoms with Crippen molar-refractivity contribution in [1.82, 2.24) is 20.4 Å². The van der Waals surface area contributed by atoms with Crippen LogP contribution in [0.2, 0.25) is 0 Å². The third-order valence-corrected chi connectivity index (χ3v) is 5.65. The first-order valence-electron chi connectivity index (χ1n) is 10.1. The number of hydrogen-bond acceptors (Lipinski definition) is 4. The van der Waals surface area contributed by atoms with Crippen LogP contribution in [0.15, 0.2) is 76.9 Å². The van der Waals surface area contributed by atoms with Crippen molar-refractivity contribution >= 4 is 16.0 Å². The fraction of sp³-hybridized carbons (Fsp3) is 0.273. The lowest BCUT2D eigenvalue weighted by Gasteiger charge is -2.13. The van der Waals surface area contributed by atoms with Crippen molar-refractivity contribution in [2.75, 3.05) is 13.1 Å². The van der Waals surface area contributed by atoms with Gasteiger partial charge in [-0.05, 0) is 48.2 Å². The third kappa shape index (κ3) is 6.94. The highest BCUT2D eigenvalue weighted by atomic mass is 32.2. The zero-order valence-corrected chi connectivity index (χ0v) is 18.3. The highest BCUT2D eigenvalue weighted by Gasteiger charge is 2.07. The largest absolute Gasteiger partial charge is 0.357 e. The molecule has 1 heterocycles. The van der Waals surface area contributed by atoms with Crippen molar-refractivity contribution in [3.05, 3.63) is 83.7 Å². The number of benzene rings is 2. The summed E-state index contributed by atoms with van der Waals surface area (Å²) < 4.78 is 24.6. The van der Waals surface area contributed by atoms with E-state index in [9.17, 15) is 8.42 Å². The lowest BCUT2D eigenvalue weighted by molar-refractivity contribution is 0.598. The summed E-state index contributed by atoms with van der Waals surface area (Å²) in [6, 6.07) is 16.7. The molecule has 3 rings (SSSR count). The van der Waals surface area contributed by atoms with Crippen LogP contribution in [0, 0.1) is 0 Å². The van der Waals surface area contributed by atoms with Crippen molar-refractivity contribution in [3.63, 3.8) is 0 Å². The number of primary sulfonamides is 1. The van der Waals surface area contributed by atoms with Crippen LogP contribution in [0.5, 0.6) is 0 Å². The smallest absolute Gasteiger partial charge is 0.238 e. The second-order valence-corrected chi connectivity index (χ2v) is 8.59. The molecule has 0 fully saturated rings. The molecule has 0 saturated heterocycles. The molecular formula is C22H28N6O2S. The van der Waals surface area contributed by atoms with E-state index >= 15 is 0 Å². The van der Waals surface area contributed by atoms with Gasteiger partial charge in [0, 0.05) is 25.5 Å². The molecule has 8 nitrogen and oxygen atoms in total. The van der Waals surface area contributed by atoms with Gasteiger partial charge < -0.3 is 10.6 Å². The van der Waals surface area contributed by atoms with E-state index in [0.717, 1.165) is 30.1 Å². The van der Waals surface area contributed by atoms with Crippen LogP contribution in [-0.4, -0.2) is 37.2 Å². The summed E-state index contributed by atoms with van der Waals surface area (Å²) in [5.74, 6) is 0.734. The van der Waals surface area contributed by atoms with Gasteiger partial charge >= 0.3 is 0 Å². The minimum absolute atomic E-state index is 0.118. The van der Waals surface area contributed by atoms with Gasteiger partial charge in [-0.1, -0.05) is 36.4 Å². The van der Waals surface area contributed by atoms with Crippen LogP contribution in [0.3, 0.4) is 0 Å². The predicted molar refractivity (Wildman–Crippen MR) is 122 cm³/mol. The Hall–Kier alpha value is -3.17. The van der Waals surface area contributed by atoms with Crippen molar-refractivity contribution in [2.45, 2.75) is 31.3 Å². The minimum Gasteiger partial charge on any atom is -0.357 e. The predicted octanol–water partition coefficient (Wildman–Crippen LogP) is 1.88.